The molecule has 0 bridgehead atoms. The number of rotatable bonds is 3. The summed E-state index contributed by atoms with van der Waals surface area (Å²) in [5.74, 6) is -0.993. The Bertz CT molecular complexity index is 609. The van der Waals surface area contributed by atoms with Crippen LogP contribution in [0.25, 0.3) is 0 Å². The highest BCUT2D eigenvalue weighted by molar-refractivity contribution is 9.10. The standard InChI is InChI=1S/C9H13BrN4O4S/c1-9(8(15)16)3-4-14(5-9)19(17,18)7-6(10)11-12-13(7)2/h3-5H2,1-2H3,(H,15,16). The number of aliphatic carboxylic acids is 1. The van der Waals surface area contributed by atoms with Gasteiger partial charge in [0.1, 0.15) is 0 Å². The first-order chi connectivity index (χ1) is 8.68. The Labute approximate surface area is 118 Å². The van der Waals surface area contributed by atoms with Gasteiger partial charge >= 0.3 is 5.97 Å². The minimum Gasteiger partial charge on any atom is -0.481 e. The number of hydrogen-bond donors (Lipinski definition) is 1. The van der Waals surface area contributed by atoms with Crippen LogP contribution in [0, 0.1) is 5.41 Å². The molecule has 1 aromatic rings. The topological polar surface area (TPSA) is 105 Å². The number of carbonyl (C=O) groups is 1. The van der Waals surface area contributed by atoms with Crippen LogP contribution in [0.15, 0.2) is 9.63 Å². The number of aromatic nitrogens is 3. The van der Waals surface area contributed by atoms with Gasteiger partial charge in [-0.3, -0.25) is 4.79 Å². The average Bonchev–Trinajstić information content (AvgIpc) is 2.84. The van der Waals surface area contributed by atoms with Gasteiger partial charge in [-0.05, 0) is 29.3 Å². The zero-order chi connectivity index (χ0) is 14.4. The van der Waals surface area contributed by atoms with Crippen LogP contribution in [0.4, 0.5) is 0 Å². The lowest BCUT2D eigenvalue weighted by Gasteiger charge is -2.19. The quantitative estimate of drug-likeness (QED) is 0.824. The number of hydrogen-bond acceptors (Lipinski definition) is 5. The molecule has 106 valence electrons. The summed E-state index contributed by atoms with van der Waals surface area (Å²) in [7, 11) is -2.33. The largest absolute Gasteiger partial charge is 0.481 e. The van der Waals surface area contributed by atoms with Gasteiger partial charge in [0.25, 0.3) is 10.0 Å². The van der Waals surface area contributed by atoms with E-state index >= 15 is 0 Å². The number of halogens is 1. The van der Waals surface area contributed by atoms with Gasteiger partial charge in [0, 0.05) is 20.1 Å². The first kappa shape index (κ1) is 14.4. The van der Waals surface area contributed by atoms with E-state index < -0.39 is 21.4 Å². The van der Waals surface area contributed by atoms with Crippen LogP contribution in [0.1, 0.15) is 13.3 Å². The highest BCUT2D eigenvalue weighted by Gasteiger charge is 2.46. The molecule has 8 nitrogen and oxygen atoms in total. The predicted octanol–water partition coefficient (Wildman–Crippen LogP) is 0.0629. The van der Waals surface area contributed by atoms with Crippen molar-refractivity contribution < 1.29 is 18.3 Å². The Morgan fingerprint density at radius 3 is 2.58 bits per heavy atom. The Balaban J connectivity index is 2.36. The molecule has 0 spiro atoms. The molecule has 1 aliphatic heterocycles. The first-order valence-electron chi connectivity index (χ1n) is 5.47. The third-order valence-corrected chi connectivity index (χ3v) is 6.01. The Morgan fingerprint density at radius 2 is 2.16 bits per heavy atom. The van der Waals surface area contributed by atoms with Gasteiger partial charge in [-0.15, -0.1) is 5.10 Å². The molecule has 1 aliphatic rings. The Morgan fingerprint density at radius 1 is 1.53 bits per heavy atom. The Kier molecular flexibility index (Phi) is 3.43. The lowest BCUT2D eigenvalue weighted by atomic mass is 9.90. The van der Waals surface area contributed by atoms with Gasteiger partial charge in [0.05, 0.1) is 5.41 Å². The second kappa shape index (κ2) is 4.53. The van der Waals surface area contributed by atoms with Gasteiger partial charge in [-0.25, -0.2) is 13.1 Å². The molecule has 1 aromatic heterocycles. The molecule has 19 heavy (non-hydrogen) atoms. The predicted molar refractivity (Wildman–Crippen MR) is 67.8 cm³/mol. The van der Waals surface area contributed by atoms with Gasteiger partial charge in [-0.1, -0.05) is 5.21 Å². The van der Waals surface area contributed by atoms with E-state index in [1.54, 1.807) is 6.92 Å². The van der Waals surface area contributed by atoms with E-state index in [1.165, 1.54) is 7.05 Å². The summed E-state index contributed by atoms with van der Waals surface area (Å²) in [5, 5.41) is 16.3. The maximum absolute atomic E-state index is 12.4. The molecule has 1 fully saturated rings. The molecule has 2 rings (SSSR count). The molecule has 0 aromatic carbocycles. The lowest BCUT2D eigenvalue weighted by Crippen LogP contribution is -2.35. The molecule has 1 N–H and O–H groups in total. The molecule has 0 saturated carbocycles. The van der Waals surface area contributed by atoms with Crippen LogP contribution >= 0.6 is 15.9 Å². The van der Waals surface area contributed by atoms with Crippen molar-refractivity contribution in [2.24, 2.45) is 12.5 Å². The summed E-state index contributed by atoms with van der Waals surface area (Å²) in [6, 6.07) is 0. The first-order valence-corrected chi connectivity index (χ1v) is 7.70. The third-order valence-electron chi connectivity index (χ3n) is 3.28. The number of aryl methyl sites for hydroxylation is 1. The molecular weight excluding hydrogens is 340 g/mol. The molecule has 1 saturated heterocycles. The summed E-state index contributed by atoms with van der Waals surface area (Å²) in [5.41, 5.74) is -1.05. The van der Waals surface area contributed by atoms with Crippen LogP contribution in [-0.2, 0) is 21.9 Å². The summed E-state index contributed by atoms with van der Waals surface area (Å²) in [6.45, 7) is 1.66. The van der Waals surface area contributed by atoms with E-state index in [-0.39, 0.29) is 29.1 Å². The highest BCUT2D eigenvalue weighted by Crippen LogP contribution is 2.34. The van der Waals surface area contributed by atoms with Crippen LogP contribution < -0.4 is 0 Å². The molecular formula is C9H13BrN4O4S. The minimum absolute atomic E-state index is 0.0533. The molecule has 1 unspecified atom stereocenters. The van der Waals surface area contributed by atoms with E-state index in [9.17, 15) is 13.2 Å². The van der Waals surface area contributed by atoms with Crippen LogP contribution in [0.5, 0.6) is 0 Å². The van der Waals surface area contributed by atoms with Gasteiger partial charge in [-0.2, -0.15) is 4.31 Å². The van der Waals surface area contributed by atoms with Crippen LogP contribution in [0.3, 0.4) is 0 Å². The molecule has 0 amide bonds. The lowest BCUT2D eigenvalue weighted by molar-refractivity contribution is -0.146. The molecule has 1 atom stereocenters. The zero-order valence-electron chi connectivity index (χ0n) is 10.4. The molecule has 2 heterocycles. The molecule has 0 aliphatic carbocycles. The fraction of sp³-hybridized carbons (Fsp3) is 0.667. The van der Waals surface area contributed by atoms with Crippen LogP contribution in [0.2, 0.25) is 0 Å². The average molecular weight is 353 g/mol. The monoisotopic (exact) mass is 352 g/mol. The summed E-state index contributed by atoms with van der Waals surface area (Å²) < 4.78 is 27.3. The van der Waals surface area contributed by atoms with Gasteiger partial charge in [0.15, 0.2) is 4.60 Å². The normalized spacial score (nSPS) is 24.8. The van der Waals surface area contributed by atoms with Crippen molar-refractivity contribution in [3.63, 3.8) is 0 Å². The Hall–Kier alpha value is -1.00. The maximum atomic E-state index is 12.4. The third kappa shape index (κ3) is 2.28. The van der Waals surface area contributed by atoms with Crippen molar-refractivity contribution >= 4 is 31.9 Å². The maximum Gasteiger partial charge on any atom is 0.310 e. The smallest absolute Gasteiger partial charge is 0.310 e. The number of sulfonamides is 1. The SMILES string of the molecule is Cn1nnc(Br)c1S(=O)(=O)N1CCC(C)(C(=O)O)C1. The fourth-order valence-corrected chi connectivity index (χ4v) is 4.61. The van der Waals surface area contributed by atoms with E-state index in [0.717, 1.165) is 8.99 Å². The molecule has 0 radical (unpaired) electrons. The second-order valence-corrected chi connectivity index (χ2v) is 7.37. The zero-order valence-corrected chi connectivity index (χ0v) is 12.8. The van der Waals surface area contributed by atoms with E-state index in [1.807, 2.05) is 0 Å². The summed E-state index contributed by atoms with van der Waals surface area (Å²) in [6.07, 6.45) is 0.282. The molecule has 10 heteroatoms. The number of carboxylic acid groups (broad SMARTS) is 1. The van der Waals surface area contributed by atoms with Crippen molar-refractivity contribution in [3.05, 3.63) is 4.60 Å². The van der Waals surface area contributed by atoms with E-state index in [2.05, 4.69) is 26.2 Å². The van der Waals surface area contributed by atoms with Crippen molar-refractivity contribution in [1.29, 1.82) is 0 Å². The highest BCUT2D eigenvalue weighted by atomic mass is 79.9. The van der Waals surface area contributed by atoms with Crippen molar-refractivity contribution in [3.8, 4) is 0 Å². The number of carboxylic acids is 1. The van der Waals surface area contributed by atoms with Gasteiger partial charge < -0.3 is 5.11 Å². The number of nitrogens with zero attached hydrogens (tertiary/aromatic N) is 4. The van der Waals surface area contributed by atoms with E-state index in [4.69, 9.17) is 5.11 Å². The van der Waals surface area contributed by atoms with Crippen LogP contribution in [-0.4, -0.2) is 51.9 Å². The van der Waals surface area contributed by atoms with Crippen molar-refractivity contribution in [2.45, 2.75) is 18.4 Å². The second-order valence-electron chi connectivity index (χ2n) is 4.76. The summed E-state index contributed by atoms with van der Waals surface area (Å²) in [4.78, 5) is 11.2. The van der Waals surface area contributed by atoms with E-state index in [0.29, 0.717) is 0 Å². The summed E-state index contributed by atoms with van der Waals surface area (Å²) >= 11 is 3.04. The van der Waals surface area contributed by atoms with Gasteiger partial charge in [0.2, 0.25) is 5.03 Å². The minimum atomic E-state index is -3.80. The van der Waals surface area contributed by atoms with Crippen molar-refractivity contribution in [1.82, 2.24) is 19.3 Å². The fourth-order valence-electron chi connectivity index (χ4n) is 2.02. The van der Waals surface area contributed by atoms with Crippen molar-refractivity contribution in [2.75, 3.05) is 13.1 Å².